The van der Waals surface area contributed by atoms with Gasteiger partial charge in [0, 0.05) is 6.42 Å². The molecule has 2 heterocycles. The summed E-state index contributed by atoms with van der Waals surface area (Å²) in [5.41, 5.74) is 4.71. The predicted octanol–water partition coefficient (Wildman–Crippen LogP) is 8.68. The van der Waals surface area contributed by atoms with Crippen molar-refractivity contribution in [2.24, 2.45) is 5.92 Å². The van der Waals surface area contributed by atoms with Gasteiger partial charge >= 0.3 is 5.97 Å². The third-order valence-corrected chi connectivity index (χ3v) is 9.12. The zero-order valence-electron chi connectivity index (χ0n) is 24.3. The van der Waals surface area contributed by atoms with Gasteiger partial charge in [0.2, 0.25) is 0 Å². The number of esters is 1. The molecule has 4 heteroatoms. The number of carbonyl (C=O) groups is 1. The van der Waals surface area contributed by atoms with E-state index in [1.54, 1.807) is 0 Å². The van der Waals surface area contributed by atoms with Crippen LogP contribution in [-0.2, 0) is 4.79 Å². The van der Waals surface area contributed by atoms with Crippen LogP contribution < -0.4 is 9.47 Å². The number of hydrogen-bond acceptors (Lipinski definition) is 4. The normalized spacial score (nSPS) is 20.7. The second-order valence-corrected chi connectivity index (χ2v) is 12.4. The van der Waals surface area contributed by atoms with E-state index in [1.165, 1.54) is 74.7 Å². The van der Waals surface area contributed by atoms with E-state index >= 15 is 0 Å². The number of ether oxygens (including phenoxy) is 2. The Balaban J connectivity index is 1.50. The van der Waals surface area contributed by atoms with Gasteiger partial charge in [-0.2, -0.15) is 0 Å². The van der Waals surface area contributed by atoms with E-state index in [0.717, 1.165) is 55.7 Å². The van der Waals surface area contributed by atoms with Crippen molar-refractivity contribution in [3.63, 3.8) is 0 Å². The van der Waals surface area contributed by atoms with Gasteiger partial charge in [0.25, 0.3) is 0 Å². The molecule has 0 saturated carbocycles. The monoisotopic (exact) mass is 509 g/mol. The van der Waals surface area contributed by atoms with E-state index in [0.29, 0.717) is 18.3 Å². The van der Waals surface area contributed by atoms with E-state index in [-0.39, 0.29) is 11.6 Å². The second-order valence-electron chi connectivity index (χ2n) is 12.4. The number of hydrogen-bond donors (Lipinski definition) is 0. The fraction of sp³-hybridized carbons (Fsp3) is 0.727. The van der Waals surface area contributed by atoms with Crippen LogP contribution in [0.15, 0.2) is 17.7 Å². The topological polar surface area (TPSA) is 38.8 Å². The molecular formula is C33H51NO3. The first-order valence-corrected chi connectivity index (χ1v) is 15.3. The number of benzene rings is 1. The van der Waals surface area contributed by atoms with Gasteiger partial charge < -0.3 is 14.4 Å². The van der Waals surface area contributed by atoms with Crippen LogP contribution in [0, 0.1) is 5.92 Å². The first-order valence-electron chi connectivity index (χ1n) is 15.3. The fourth-order valence-corrected chi connectivity index (χ4v) is 6.61. The van der Waals surface area contributed by atoms with E-state index in [2.05, 4.69) is 51.7 Å². The summed E-state index contributed by atoms with van der Waals surface area (Å²) in [5.74, 6) is 2.48. The second kappa shape index (κ2) is 12.8. The largest absolute Gasteiger partial charge is 0.483 e. The summed E-state index contributed by atoms with van der Waals surface area (Å²) >= 11 is 0. The molecule has 4 rings (SSSR count). The molecule has 206 valence electrons. The van der Waals surface area contributed by atoms with Crippen LogP contribution in [0.4, 0.5) is 0 Å². The molecule has 4 nitrogen and oxygen atoms in total. The van der Waals surface area contributed by atoms with Gasteiger partial charge in [-0.1, -0.05) is 52.9 Å². The molecule has 1 aromatic rings. The first-order chi connectivity index (χ1) is 17.8. The zero-order chi connectivity index (χ0) is 26.4. The number of rotatable bonds is 12. The van der Waals surface area contributed by atoms with Crippen LogP contribution in [-0.4, -0.2) is 36.1 Å². The average Bonchev–Trinajstić information content (AvgIpc) is 3.37. The SMILES string of the molecule is CCCCCC(C)C(C)c1cc(OC(=O)CCCCN2CCCCC2)c2c(c1)OC(C)(C)C1=C2CCC1. The molecule has 1 saturated heterocycles. The molecule has 1 fully saturated rings. The molecule has 1 aromatic carbocycles. The van der Waals surface area contributed by atoms with E-state index in [4.69, 9.17) is 9.47 Å². The van der Waals surface area contributed by atoms with Gasteiger partial charge in [-0.3, -0.25) is 4.79 Å². The van der Waals surface area contributed by atoms with Crippen molar-refractivity contribution < 1.29 is 14.3 Å². The van der Waals surface area contributed by atoms with Gasteiger partial charge in [-0.05, 0) is 119 Å². The number of unbranched alkanes of at least 4 members (excludes halogenated alkanes) is 3. The van der Waals surface area contributed by atoms with Crippen LogP contribution in [0.1, 0.15) is 135 Å². The highest BCUT2D eigenvalue weighted by atomic mass is 16.5. The van der Waals surface area contributed by atoms with Crippen molar-refractivity contribution in [2.45, 2.75) is 130 Å². The Hall–Kier alpha value is -1.81. The van der Waals surface area contributed by atoms with Crippen molar-refractivity contribution in [2.75, 3.05) is 19.6 Å². The van der Waals surface area contributed by atoms with E-state index in [9.17, 15) is 4.79 Å². The minimum absolute atomic E-state index is 0.105. The van der Waals surface area contributed by atoms with Gasteiger partial charge in [-0.15, -0.1) is 0 Å². The Morgan fingerprint density at radius 3 is 2.57 bits per heavy atom. The van der Waals surface area contributed by atoms with Crippen LogP contribution in [0.3, 0.4) is 0 Å². The van der Waals surface area contributed by atoms with E-state index in [1.807, 2.05) is 0 Å². The Morgan fingerprint density at radius 2 is 1.81 bits per heavy atom. The Labute approximate surface area is 226 Å². The Morgan fingerprint density at radius 1 is 1.03 bits per heavy atom. The molecule has 2 aliphatic heterocycles. The Kier molecular flexibility index (Phi) is 9.78. The molecule has 3 aliphatic rings. The highest BCUT2D eigenvalue weighted by Gasteiger charge is 2.39. The van der Waals surface area contributed by atoms with Crippen molar-refractivity contribution in [1.82, 2.24) is 4.90 Å². The molecule has 0 spiro atoms. The lowest BCUT2D eigenvalue weighted by Gasteiger charge is -2.36. The molecular weight excluding hydrogens is 458 g/mol. The van der Waals surface area contributed by atoms with Crippen LogP contribution in [0.25, 0.3) is 5.57 Å². The van der Waals surface area contributed by atoms with Crippen molar-refractivity contribution >= 4 is 11.5 Å². The third-order valence-electron chi connectivity index (χ3n) is 9.12. The maximum Gasteiger partial charge on any atom is 0.311 e. The van der Waals surface area contributed by atoms with Gasteiger partial charge in [0.1, 0.15) is 17.1 Å². The minimum atomic E-state index is -0.302. The molecule has 2 atom stereocenters. The third kappa shape index (κ3) is 6.99. The Bertz CT molecular complexity index is 957. The molecule has 37 heavy (non-hydrogen) atoms. The molecule has 0 aromatic heterocycles. The summed E-state index contributed by atoms with van der Waals surface area (Å²) in [6, 6.07) is 4.41. The summed E-state index contributed by atoms with van der Waals surface area (Å²) in [4.78, 5) is 15.6. The molecule has 1 aliphatic carbocycles. The van der Waals surface area contributed by atoms with Gasteiger partial charge in [0.05, 0.1) is 5.56 Å². The fourth-order valence-electron chi connectivity index (χ4n) is 6.61. The lowest BCUT2D eigenvalue weighted by atomic mass is 9.82. The number of piperidine rings is 1. The van der Waals surface area contributed by atoms with Crippen LogP contribution in [0.5, 0.6) is 11.5 Å². The van der Waals surface area contributed by atoms with Gasteiger partial charge in [0.15, 0.2) is 0 Å². The van der Waals surface area contributed by atoms with Crippen LogP contribution in [0.2, 0.25) is 0 Å². The number of likely N-dealkylation sites (tertiary alicyclic amines) is 1. The number of carbonyl (C=O) groups excluding carboxylic acids is 1. The summed E-state index contributed by atoms with van der Waals surface area (Å²) in [6.07, 6.45) is 14.7. The van der Waals surface area contributed by atoms with Crippen molar-refractivity contribution in [3.05, 3.63) is 28.8 Å². The predicted molar refractivity (Wildman–Crippen MR) is 153 cm³/mol. The summed E-state index contributed by atoms with van der Waals surface area (Å²) < 4.78 is 12.8. The smallest absolute Gasteiger partial charge is 0.311 e. The van der Waals surface area contributed by atoms with Crippen molar-refractivity contribution in [1.29, 1.82) is 0 Å². The summed E-state index contributed by atoms with van der Waals surface area (Å²) in [6.45, 7) is 14.8. The van der Waals surface area contributed by atoms with Gasteiger partial charge in [-0.25, -0.2) is 0 Å². The number of allylic oxidation sites excluding steroid dienone is 1. The number of nitrogens with zero attached hydrogens (tertiary/aromatic N) is 1. The standard InChI is InChI=1S/C33H51NO3/c1-6-7-9-15-24(2)25(3)26-22-29(36-31(35)18-10-13-21-34-19-11-8-12-20-34)32-27-16-14-17-28(27)33(4,5)37-30(32)23-26/h22-25H,6-21H2,1-5H3. The average molecular weight is 510 g/mol. The van der Waals surface area contributed by atoms with Crippen molar-refractivity contribution in [3.8, 4) is 11.5 Å². The lowest BCUT2D eigenvalue weighted by molar-refractivity contribution is -0.134. The molecule has 0 radical (unpaired) electrons. The highest BCUT2D eigenvalue weighted by Crippen LogP contribution is 2.52. The summed E-state index contributed by atoms with van der Waals surface area (Å²) in [5, 5.41) is 0. The quantitative estimate of drug-likeness (QED) is 0.160. The maximum absolute atomic E-state index is 13.1. The van der Waals surface area contributed by atoms with E-state index < -0.39 is 0 Å². The molecule has 0 bridgehead atoms. The minimum Gasteiger partial charge on any atom is -0.483 e. The zero-order valence-corrected chi connectivity index (χ0v) is 24.3. The van der Waals surface area contributed by atoms with Crippen LogP contribution >= 0.6 is 0 Å². The molecule has 0 amide bonds. The lowest BCUT2D eigenvalue weighted by Crippen LogP contribution is -2.34. The number of fused-ring (bicyclic) bond motifs is 2. The maximum atomic E-state index is 13.1. The molecule has 0 N–H and O–H groups in total. The summed E-state index contributed by atoms with van der Waals surface area (Å²) in [7, 11) is 0. The first kappa shape index (κ1) is 28.2. The molecule has 2 unspecified atom stereocenters. The highest BCUT2D eigenvalue weighted by molar-refractivity contribution is 5.84.